The van der Waals surface area contributed by atoms with Crippen LogP contribution in [0.2, 0.25) is 0 Å². The maximum atomic E-state index is 5.35. The van der Waals surface area contributed by atoms with Crippen LogP contribution in [-0.4, -0.2) is 32.2 Å². The molecule has 1 rings (SSSR count). The average molecular weight is 160 g/mol. The van der Waals surface area contributed by atoms with Crippen LogP contribution in [0.5, 0.6) is 0 Å². The van der Waals surface area contributed by atoms with Gasteiger partial charge >= 0.3 is 0 Å². The molecule has 0 amide bonds. The van der Waals surface area contributed by atoms with E-state index in [1.807, 2.05) is 13.8 Å². The molecule has 0 aromatic heterocycles. The SMILES string of the molecule is CCOC(C)C1OCCCO1. The van der Waals surface area contributed by atoms with Crippen LogP contribution in [0.4, 0.5) is 0 Å². The van der Waals surface area contributed by atoms with Crippen molar-refractivity contribution in [3.8, 4) is 0 Å². The zero-order chi connectivity index (χ0) is 8.10. The van der Waals surface area contributed by atoms with Gasteiger partial charge in [0.25, 0.3) is 0 Å². The summed E-state index contributed by atoms with van der Waals surface area (Å²) in [5.74, 6) is 0. The second-order valence-corrected chi connectivity index (χ2v) is 2.62. The minimum absolute atomic E-state index is 0.0558. The monoisotopic (exact) mass is 160 g/mol. The van der Waals surface area contributed by atoms with Crippen LogP contribution < -0.4 is 0 Å². The van der Waals surface area contributed by atoms with Gasteiger partial charge in [0.2, 0.25) is 0 Å². The van der Waals surface area contributed by atoms with Crippen molar-refractivity contribution in [1.82, 2.24) is 0 Å². The molecule has 1 heterocycles. The molecule has 0 saturated carbocycles. The Morgan fingerprint density at radius 3 is 2.64 bits per heavy atom. The summed E-state index contributed by atoms with van der Waals surface area (Å²) in [7, 11) is 0. The molecule has 0 aromatic rings. The third-order valence-electron chi connectivity index (χ3n) is 1.67. The molecule has 11 heavy (non-hydrogen) atoms. The van der Waals surface area contributed by atoms with Crippen molar-refractivity contribution in [3.63, 3.8) is 0 Å². The van der Waals surface area contributed by atoms with Gasteiger partial charge in [0.1, 0.15) is 6.10 Å². The van der Waals surface area contributed by atoms with Gasteiger partial charge in [-0.05, 0) is 20.3 Å². The van der Waals surface area contributed by atoms with Gasteiger partial charge in [-0.25, -0.2) is 0 Å². The molecule has 0 spiro atoms. The molecule has 3 heteroatoms. The molecule has 1 atom stereocenters. The molecule has 1 aliphatic heterocycles. The lowest BCUT2D eigenvalue weighted by atomic mass is 10.3. The molecule has 0 aliphatic carbocycles. The first-order chi connectivity index (χ1) is 5.34. The van der Waals surface area contributed by atoms with E-state index in [4.69, 9.17) is 14.2 Å². The Labute approximate surface area is 67.6 Å². The van der Waals surface area contributed by atoms with E-state index in [1.165, 1.54) is 0 Å². The highest BCUT2D eigenvalue weighted by atomic mass is 16.7. The van der Waals surface area contributed by atoms with E-state index < -0.39 is 0 Å². The molecule has 0 N–H and O–H groups in total. The highest BCUT2D eigenvalue weighted by molar-refractivity contribution is 4.59. The van der Waals surface area contributed by atoms with Gasteiger partial charge < -0.3 is 14.2 Å². The summed E-state index contributed by atoms with van der Waals surface area (Å²) in [6, 6.07) is 0. The number of hydrogen-bond donors (Lipinski definition) is 0. The fourth-order valence-corrected chi connectivity index (χ4v) is 1.12. The maximum absolute atomic E-state index is 5.35. The van der Waals surface area contributed by atoms with Crippen molar-refractivity contribution < 1.29 is 14.2 Å². The van der Waals surface area contributed by atoms with Crippen LogP contribution in [0.15, 0.2) is 0 Å². The minimum Gasteiger partial charge on any atom is -0.374 e. The predicted octanol–water partition coefficient (Wildman–Crippen LogP) is 1.17. The number of hydrogen-bond acceptors (Lipinski definition) is 3. The third-order valence-corrected chi connectivity index (χ3v) is 1.67. The fraction of sp³-hybridized carbons (Fsp3) is 1.00. The molecule has 66 valence electrons. The Bertz CT molecular complexity index is 99.5. The Morgan fingerprint density at radius 1 is 1.45 bits per heavy atom. The number of rotatable bonds is 3. The lowest BCUT2D eigenvalue weighted by Crippen LogP contribution is -2.35. The molecule has 0 radical (unpaired) electrons. The van der Waals surface area contributed by atoms with E-state index in [2.05, 4.69) is 0 Å². The maximum Gasteiger partial charge on any atom is 0.183 e. The van der Waals surface area contributed by atoms with Crippen molar-refractivity contribution in [2.75, 3.05) is 19.8 Å². The summed E-state index contributed by atoms with van der Waals surface area (Å²) in [6.45, 7) is 6.24. The molecule has 0 bridgehead atoms. The molecule has 1 aliphatic rings. The van der Waals surface area contributed by atoms with Gasteiger partial charge in [0.05, 0.1) is 13.2 Å². The van der Waals surface area contributed by atoms with E-state index in [1.54, 1.807) is 0 Å². The topological polar surface area (TPSA) is 27.7 Å². The second kappa shape index (κ2) is 4.70. The Morgan fingerprint density at radius 2 is 2.09 bits per heavy atom. The minimum atomic E-state index is -0.149. The normalized spacial score (nSPS) is 23.5. The van der Waals surface area contributed by atoms with Crippen molar-refractivity contribution in [1.29, 1.82) is 0 Å². The first-order valence-electron chi connectivity index (χ1n) is 4.19. The van der Waals surface area contributed by atoms with Crippen molar-refractivity contribution in [2.45, 2.75) is 32.7 Å². The van der Waals surface area contributed by atoms with Gasteiger partial charge in [-0.3, -0.25) is 0 Å². The van der Waals surface area contributed by atoms with Crippen LogP contribution in [0.25, 0.3) is 0 Å². The average Bonchev–Trinajstić information content (AvgIpc) is 2.07. The van der Waals surface area contributed by atoms with Crippen molar-refractivity contribution in [2.24, 2.45) is 0 Å². The molecular formula is C8H16O3. The second-order valence-electron chi connectivity index (χ2n) is 2.62. The van der Waals surface area contributed by atoms with Gasteiger partial charge in [-0.15, -0.1) is 0 Å². The molecule has 1 unspecified atom stereocenters. The van der Waals surface area contributed by atoms with E-state index >= 15 is 0 Å². The zero-order valence-corrected chi connectivity index (χ0v) is 7.21. The predicted molar refractivity (Wildman–Crippen MR) is 41.4 cm³/mol. The van der Waals surface area contributed by atoms with Crippen LogP contribution in [0.3, 0.4) is 0 Å². The van der Waals surface area contributed by atoms with Crippen LogP contribution in [0.1, 0.15) is 20.3 Å². The lowest BCUT2D eigenvalue weighted by molar-refractivity contribution is -0.228. The fourth-order valence-electron chi connectivity index (χ4n) is 1.12. The summed E-state index contributed by atoms with van der Waals surface area (Å²) in [5, 5.41) is 0. The van der Waals surface area contributed by atoms with E-state index in [9.17, 15) is 0 Å². The highest BCUT2D eigenvalue weighted by Gasteiger charge is 2.21. The zero-order valence-electron chi connectivity index (χ0n) is 7.21. The Hall–Kier alpha value is -0.120. The first kappa shape index (κ1) is 8.97. The smallest absolute Gasteiger partial charge is 0.183 e. The largest absolute Gasteiger partial charge is 0.374 e. The van der Waals surface area contributed by atoms with E-state index in [-0.39, 0.29) is 12.4 Å². The summed E-state index contributed by atoms with van der Waals surface area (Å²) < 4.78 is 16.0. The van der Waals surface area contributed by atoms with Crippen molar-refractivity contribution in [3.05, 3.63) is 0 Å². The van der Waals surface area contributed by atoms with Gasteiger partial charge in [0, 0.05) is 6.61 Å². The molecule has 0 aromatic carbocycles. The molecule has 1 fully saturated rings. The summed E-state index contributed by atoms with van der Waals surface area (Å²) in [4.78, 5) is 0. The molecular weight excluding hydrogens is 144 g/mol. The molecule has 3 nitrogen and oxygen atoms in total. The molecule has 1 saturated heterocycles. The van der Waals surface area contributed by atoms with Crippen LogP contribution >= 0.6 is 0 Å². The van der Waals surface area contributed by atoms with Crippen LogP contribution in [0, 0.1) is 0 Å². The van der Waals surface area contributed by atoms with Gasteiger partial charge in [0.15, 0.2) is 6.29 Å². The van der Waals surface area contributed by atoms with Gasteiger partial charge in [-0.2, -0.15) is 0 Å². The quantitative estimate of drug-likeness (QED) is 0.620. The Kier molecular flexibility index (Phi) is 3.83. The van der Waals surface area contributed by atoms with E-state index in [0.717, 1.165) is 19.6 Å². The lowest BCUT2D eigenvalue weighted by Gasteiger charge is -2.27. The standard InChI is InChI=1S/C8H16O3/c1-3-9-7(2)8-10-5-4-6-11-8/h7-8H,3-6H2,1-2H3. The number of ether oxygens (including phenoxy) is 3. The van der Waals surface area contributed by atoms with E-state index in [0.29, 0.717) is 6.61 Å². The van der Waals surface area contributed by atoms with Crippen molar-refractivity contribution >= 4 is 0 Å². The highest BCUT2D eigenvalue weighted by Crippen LogP contribution is 2.10. The van der Waals surface area contributed by atoms with Gasteiger partial charge in [-0.1, -0.05) is 0 Å². The first-order valence-corrected chi connectivity index (χ1v) is 4.19. The summed E-state index contributed by atoms with van der Waals surface area (Å²) in [5.41, 5.74) is 0. The Balaban J connectivity index is 2.21. The van der Waals surface area contributed by atoms with Crippen LogP contribution in [-0.2, 0) is 14.2 Å². The third kappa shape index (κ3) is 2.77. The summed E-state index contributed by atoms with van der Waals surface area (Å²) in [6.07, 6.45) is 0.902. The summed E-state index contributed by atoms with van der Waals surface area (Å²) >= 11 is 0.